The number of aliphatic hydroxyl groups is 1. The summed E-state index contributed by atoms with van der Waals surface area (Å²) in [6.45, 7) is 0.563. The topological polar surface area (TPSA) is 72.6 Å². The van der Waals surface area contributed by atoms with Gasteiger partial charge in [-0.3, -0.25) is 0 Å². The molecule has 5 nitrogen and oxygen atoms in total. The molecule has 0 heterocycles. The third kappa shape index (κ3) is 17.2. The maximum atomic E-state index is 9.89. The Kier molecular flexibility index (Phi) is 14.5. The smallest absolute Gasteiger partial charge is 0.294 e. The lowest BCUT2D eigenvalue weighted by Crippen LogP contribution is -2.01. The molecule has 0 fully saturated rings. The van der Waals surface area contributed by atoms with E-state index in [1.165, 1.54) is 44.9 Å². The van der Waals surface area contributed by atoms with Gasteiger partial charge >= 0.3 is 0 Å². The zero-order valence-corrected chi connectivity index (χ0v) is 12.0. The molecule has 0 spiro atoms. The van der Waals surface area contributed by atoms with E-state index in [0.717, 1.165) is 32.1 Å². The molecule has 0 aliphatic rings. The van der Waals surface area contributed by atoms with Crippen molar-refractivity contribution in [1.82, 2.24) is 0 Å². The Balaban J connectivity index is 2.93. The molecule has 0 bridgehead atoms. The van der Waals surface area contributed by atoms with Crippen molar-refractivity contribution in [3.63, 3.8) is 0 Å². The first-order valence-corrected chi connectivity index (χ1v) is 7.65. The summed E-state index contributed by atoms with van der Waals surface area (Å²) in [5.41, 5.74) is 0. The standard InChI is InChI=1S/C14H29NO4/c16-13-11-9-7-5-3-1-2-4-6-8-10-12-14-19-15(17)18/h16H,1-14H2. The van der Waals surface area contributed by atoms with Gasteiger partial charge in [-0.05, 0) is 12.8 Å². The van der Waals surface area contributed by atoms with E-state index in [1.54, 1.807) is 0 Å². The number of hydrogen-bond donors (Lipinski definition) is 1. The van der Waals surface area contributed by atoms with Gasteiger partial charge in [0.15, 0.2) is 0 Å². The van der Waals surface area contributed by atoms with Gasteiger partial charge in [-0.1, -0.05) is 64.2 Å². The fourth-order valence-electron chi connectivity index (χ4n) is 2.12. The van der Waals surface area contributed by atoms with Crippen LogP contribution in [0.4, 0.5) is 0 Å². The fraction of sp³-hybridized carbons (Fsp3) is 1.00. The van der Waals surface area contributed by atoms with Crippen LogP contribution in [0.1, 0.15) is 77.0 Å². The summed E-state index contributed by atoms with van der Waals surface area (Å²) in [7, 11) is 0. The maximum Gasteiger partial charge on any atom is 0.294 e. The van der Waals surface area contributed by atoms with Crippen molar-refractivity contribution in [3.8, 4) is 0 Å². The van der Waals surface area contributed by atoms with Crippen molar-refractivity contribution in [1.29, 1.82) is 0 Å². The van der Waals surface area contributed by atoms with E-state index in [2.05, 4.69) is 4.84 Å². The summed E-state index contributed by atoms with van der Waals surface area (Å²) >= 11 is 0. The molecule has 0 aromatic carbocycles. The van der Waals surface area contributed by atoms with Crippen molar-refractivity contribution in [2.24, 2.45) is 0 Å². The van der Waals surface area contributed by atoms with Gasteiger partial charge in [0.05, 0.1) is 6.61 Å². The van der Waals surface area contributed by atoms with Crippen molar-refractivity contribution >= 4 is 0 Å². The molecule has 114 valence electrons. The highest BCUT2D eigenvalue weighted by Gasteiger charge is 1.95. The van der Waals surface area contributed by atoms with Crippen LogP contribution in [-0.2, 0) is 4.84 Å². The van der Waals surface area contributed by atoms with E-state index in [1.807, 2.05) is 0 Å². The fourth-order valence-corrected chi connectivity index (χ4v) is 2.12. The number of nitrogens with zero attached hydrogens (tertiary/aromatic N) is 1. The molecular formula is C14H29NO4. The maximum absolute atomic E-state index is 9.89. The van der Waals surface area contributed by atoms with E-state index >= 15 is 0 Å². The normalized spacial score (nSPS) is 10.6. The molecule has 0 aromatic rings. The second-order valence-corrected chi connectivity index (χ2v) is 5.02. The van der Waals surface area contributed by atoms with E-state index < -0.39 is 5.09 Å². The summed E-state index contributed by atoms with van der Waals surface area (Å²) in [4.78, 5) is 14.1. The Bertz CT molecular complexity index is 200. The Labute approximate surface area is 116 Å². The molecule has 19 heavy (non-hydrogen) atoms. The molecule has 0 saturated heterocycles. The van der Waals surface area contributed by atoms with Crippen LogP contribution >= 0.6 is 0 Å². The predicted octanol–water partition coefficient (Wildman–Crippen LogP) is 3.87. The first-order valence-electron chi connectivity index (χ1n) is 7.65. The third-order valence-electron chi connectivity index (χ3n) is 3.25. The van der Waals surface area contributed by atoms with Gasteiger partial charge < -0.3 is 9.94 Å². The molecule has 0 aliphatic heterocycles. The molecule has 0 rings (SSSR count). The number of unbranched alkanes of at least 4 members (excludes halogenated alkanes) is 11. The molecule has 0 saturated carbocycles. The van der Waals surface area contributed by atoms with Gasteiger partial charge in [-0.25, -0.2) is 0 Å². The highest BCUT2D eigenvalue weighted by Crippen LogP contribution is 2.11. The second-order valence-electron chi connectivity index (χ2n) is 5.02. The summed E-state index contributed by atoms with van der Waals surface area (Å²) in [5, 5.41) is 17.8. The minimum absolute atomic E-state index is 0.237. The van der Waals surface area contributed by atoms with Crippen LogP contribution < -0.4 is 0 Å². The lowest BCUT2D eigenvalue weighted by atomic mass is 10.1. The number of hydrogen-bond acceptors (Lipinski definition) is 4. The lowest BCUT2D eigenvalue weighted by molar-refractivity contribution is -0.757. The van der Waals surface area contributed by atoms with Gasteiger partial charge in [-0.15, -0.1) is 10.1 Å². The van der Waals surface area contributed by atoms with Crippen LogP contribution in [0.15, 0.2) is 0 Å². The highest BCUT2D eigenvalue weighted by atomic mass is 16.9. The molecule has 0 aliphatic carbocycles. The first-order chi connectivity index (χ1) is 9.27. The van der Waals surface area contributed by atoms with Gasteiger partial charge in [0.2, 0.25) is 0 Å². The van der Waals surface area contributed by atoms with Crippen LogP contribution in [0.5, 0.6) is 0 Å². The van der Waals surface area contributed by atoms with Crippen molar-refractivity contribution in [2.75, 3.05) is 13.2 Å². The van der Waals surface area contributed by atoms with Gasteiger partial charge in [0, 0.05) is 6.61 Å². The van der Waals surface area contributed by atoms with Crippen LogP contribution in [-0.4, -0.2) is 23.4 Å². The van der Waals surface area contributed by atoms with Crippen LogP contribution in [0, 0.1) is 10.1 Å². The minimum atomic E-state index is -0.722. The van der Waals surface area contributed by atoms with E-state index in [-0.39, 0.29) is 6.61 Å². The molecular weight excluding hydrogens is 246 g/mol. The third-order valence-corrected chi connectivity index (χ3v) is 3.25. The molecule has 0 unspecified atom stereocenters. The van der Waals surface area contributed by atoms with Crippen molar-refractivity contribution in [3.05, 3.63) is 10.1 Å². The molecule has 5 heteroatoms. The number of aliphatic hydroxyl groups excluding tert-OH is 1. The predicted molar refractivity (Wildman–Crippen MR) is 75.4 cm³/mol. The van der Waals surface area contributed by atoms with Gasteiger partial charge in [0.1, 0.15) is 0 Å². The molecule has 0 atom stereocenters. The van der Waals surface area contributed by atoms with Gasteiger partial charge in [0.25, 0.3) is 5.09 Å². The molecule has 0 aromatic heterocycles. The van der Waals surface area contributed by atoms with Crippen molar-refractivity contribution in [2.45, 2.75) is 77.0 Å². The van der Waals surface area contributed by atoms with E-state index in [4.69, 9.17) is 5.11 Å². The van der Waals surface area contributed by atoms with Crippen LogP contribution in [0.3, 0.4) is 0 Å². The van der Waals surface area contributed by atoms with Gasteiger partial charge in [-0.2, -0.15) is 0 Å². The van der Waals surface area contributed by atoms with Crippen LogP contribution in [0.2, 0.25) is 0 Å². The summed E-state index contributed by atoms with van der Waals surface area (Å²) in [6.07, 6.45) is 14.0. The minimum Gasteiger partial charge on any atom is -0.396 e. The molecule has 0 amide bonds. The lowest BCUT2D eigenvalue weighted by Gasteiger charge is -2.02. The van der Waals surface area contributed by atoms with Crippen molar-refractivity contribution < 1.29 is 15.0 Å². The molecule has 1 N–H and O–H groups in total. The summed E-state index contributed by atoms with van der Waals surface area (Å²) < 4.78 is 0. The largest absolute Gasteiger partial charge is 0.396 e. The average molecular weight is 275 g/mol. The Morgan fingerprint density at radius 1 is 0.737 bits per heavy atom. The zero-order valence-electron chi connectivity index (χ0n) is 12.0. The zero-order chi connectivity index (χ0) is 14.2. The van der Waals surface area contributed by atoms with E-state index in [0.29, 0.717) is 6.61 Å². The quantitative estimate of drug-likeness (QED) is 0.280. The Hall–Kier alpha value is -0.840. The SMILES string of the molecule is O=[N+]([O-])OCCCCCCCCCCCCCCO. The average Bonchev–Trinajstić information content (AvgIpc) is 2.39. The molecule has 0 radical (unpaired) electrons. The highest BCUT2D eigenvalue weighted by molar-refractivity contribution is 4.48. The van der Waals surface area contributed by atoms with E-state index in [9.17, 15) is 10.1 Å². The Morgan fingerprint density at radius 3 is 1.47 bits per heavy atom. The second kappa shape index (κ2) is 15.2. The monoisotopic (exact) mass is 275 g/mol. The Morgan fingerprint density at radius 2 is 1.11 bits per heavy atom. The summed E-state index contributed by atoms with van der Waals surface area (Å²) in [6, 6.07) is 0. The summed E-state index contributed by atoms with van der Waals surface area (Å²) in [5.74, 6) is 0. The number of rotatable bonds is 15. The first kappa shape index (κ1) is 18.2. The van der Waals surface area contributed by atoms with Crippen LogP contribution in [0.25, 0.3) is 0 Å².